The van der Waals surface area contributed by atoms with Crippen LogP contribution in [-0.2, 0) is 9.59 Å². The number of unbranched alkanes of at least 4 members (excludes halogenated alkanes) is 2. The van der Waals surface area contributed by atoms with Crippen LogP contribution < -0.4 is 48.5 Å². The molecule has 296 valence electrons. The highest BCUT2D eigenvalue weighted by atomic mass is 16.4. The van der Waals surface area contributed by atoms with Crippen LogP contribution in [0, 0.1) is 0 Å². The van der Waals surface area contributed by atoms with E-state index < -0.39 is 47.0 Å². The summed E-state index contributed by atoms with van der Waals surface area (Å²) in [7, 11) is 0. The van der Waals surface area contributed by atoms with Gasteiger partial charge in [0.05, 0.1) is 0 Å². The topological polar surface area (TPSA) is 223 Å². The largest absolute Gasteiger partial charge is 0.422 e. The summed E-state index contributed by atoms with van der Waals surface area (Å²) in [6.45, 7) is 11.8. The Morgan fingerprint density at radius 1 is 0.655 bits per heavy atom. The first-order valence-corrected chi connectivity index (χ1v) is 19.0. The number of nitrogens with two attached hydrogens (primary N) is 2. The smallest absolute Gasteiger partial charge is 0.349 e. The summed E-state index contributed by atoms with van der Waals surface area (Å²) in [5, 5.41) is 9.12. The minimum atomic E-state index is -1.10. The number of anilines is 2. The predicted molar refractivity (Wildman–Crippen MR) is 214 cm³/mol. The Bertz CT molecular complexity index is 2090. The predicted octanol–water partition coefficient (Wildman–Crippen LogP) is 3.39. The normalized spacial score (nSPS) is 12.2. The first kappa shape index (κ1) is 42.0. The number of rotatable bonds is 21. The second-order valence-electron chi connectivity index (χ2n) is 13.2. The third-order valence-corrected chi connectivity index (χ3v) is 9.62. The molecule has 0 unspecified atom stereocenters. The van der Waals surface area contributed by atoms with Gasteiger partial charge in [-0.25, -0.2) is 9.59 Å². The standard InChI is InChI=1S/C40H53N7O8/c1-5-46(6-2)27-17-15-25-21-29(39(52)54-33(25)23-27)36(49)43-20-12-10-13-31(35(42)48)44-38(51)32(14-9-11-19-41)45-37(50)30-22-26-16-18-28(47(7-3)8-4)24-34(26)55-40(30)53/h15-18,21-24,31-32H,5-14,19-20,41H2,1-4H3,(H2,42,48)(H,43,49)(H,44,51)(H,45,50)/t31-,32-/m0/s1. The van der Waals surface area contributed by atoms with Gasteiger partial charge in [0, 0.05) is 67.0 Å². The molecule has 2 heterocycles. The third-order valence-electron chi connectivity index (χ3n) is 9.62. The summed E-state index contributed by atoms with van der Waals surface area (Å²) in [4.78, 5) is 81.8. The number of hydrogen-bond acceptors (Lipinski definition) is 11. The van der Waals surface area contributed by atoms with Gasteiger partial charge >= 0.3 is 11.3 Å². The lowest BCUT2D eigenvalue weighted by atomic mass is 10.0. The van der Waals surface area contributed by atoms with Crippen molar-refractivity contribution in [2.75, 3.05) is 49.1 Å². The van der Waals surface area contributed by atoms with E-state index in [2.05, 4.69) is 25.8 Å². The minimum Gasteiger partial charge on any atom is -0.422 e. The monoisotopic (exact) mass is 759 g/mol. The molecule has 0 aliphatic carbocycles. The number of benzene rings is 2. The van der Waals surface area contributed by atoms with E-state index in [4.69, 9.17) is 20.3 Å². The number of fused-ring (bicyclic) bond motifs is 2. The first-order chi connectivity index (χ1) is 26.4. The van der Waals surface area contributed by atoms with Crippen molar-refractivity contribution in [3.63, 3.8) is 0 Å². The highest BCUT2D eigenvalue weighted by molar-refractivity contribution is 6.00. The molecule has 0 aliphatic rings. The van der Waals surface area contributed by atoms with Crippen molar-refractivity contribution >= 4 is 56.9 Å². The molecular formula is C40H53N7O8. The quantitative estimate of drug-likeness (QED) is 0.0612. The van der Waals surface area contributed by atoms with Crippen molar-refractivity contribution in [2.45, 2.75) is 78.3 Å². The zero-order chi connectivity index (χ0) is 40.1. The maximum atomic E-state index is 13.4. The average molecular weight is 760 g/mol. The molecule has 0 saturated heterocycles. The molecule has 0 aliphatic heterocycles. The fraction of sp³-hybridized carbons (Fsp3) is 0.450. The van der Waals surface area contributed by atoms with E-state index in [9.17, 15) is 28.8 Å². The van der Waals surface area contributed by atoms with Crippen molar-refractivity contribution in [3.8, 4) is 0 Å². The highest BCUT2D eigenvalue weighted by Gasteiger charge is 2.27. The molecule has 2 atom stereocenters. The molecule has 0 saturated carbocycles. The van der Waals surface area contributed by atoms with Gasteiger partial charge < -0.3 is 46.1 Å². The fourth-order valence-electron chi connectivity index (χ4n) is 6.41. The highest BCUT2D eigenvalue weighted by Crippen LogP contribution is 2.23. The van der Waals surface area contributed by atoms with Gasteiger partial charge in [-0.1, -0.05) is 0 Å². The van der Waals surface area contributed by atoms with Crippen LogP contribution in [0.2, 0.25) is 0 Å². The molecule has 2 aromatic carbocycles. The Balaban J connectivity index is 1.35. The van der Waals surface area contributed by atoms with Crippen LogP contribution in [0.15, 0.2) is 67.0 Å². The number of nitrogens with one attached hydrogen (secondary N) is 3. The van der Waals surface area contributed by atoms with Crippen molar-refractivity contribution in [3.05, 3.63) is 80.5 Å². The van der Waals surface area contributed by atoms with Crippen molar-refractivity contribution < 1.29 is 28.0 Å². The van der Waals surface area contributed by atoms with E-state index in [0.29, 0.717) is 54.2 Å². The third kappa shape index (κ3) is 10.9. The van der Waals surface area contributed by atoms with Crippen LogP contribution in [0.25, 0.3) is 21.9 Å². The van der Waals surface area contributed by atoms with Crippen molar-refractivity contribution in [2.24, 2.45) is 11.5 Å². The number of hydrogen-bond donors (Lipinski definition) is 5. The van der Waals surface area contributed by atoms with Crippen LogP contribution in [0.4, 0.5) is 11.4 Å². The van der Waals surface area contributed by atoms with Crippen molar-refractivity contribution in [1.29, 1.82) is 0 Å². The van der Waals surface area contributed by atoms with Gasteiger partial charge in [-0.05, 0) is 109 Å². The van der Waals surface area contributed by atoms with Gasteiger partial charge in [0.1, 0.15) is 34.4 Å². The van der Waals surface area contributed by atoms with E-state index in [1.165, 1.54) is 12.1 Å². The lowest BCUT2D eigenvalue weighted by Crippen LogP contribution is -2.53. The second kappa shape index (κ2) is 20.1. The molecule has 2 aromatic heterocycles. The summed E-state index contributed by atoms with van der Waals surface area (Å²) in [5.41, 5.74) is 11.8. The van der Waals surface area contributed by atoms with E-state index in [0.717, 1.165) is 37.6 Å². The molecular weight excluding hydrogens is 706 g/mol. The number of amides is 4. The SMILES string of the molecule is CCN(CC)c1ccc2cc(C(=O)NCCCC[C@H](NC(=O)[C@H](CCCCN)NC(=O)c3cc4ccc(N(CC)CC)cc4oc3=O)C(N)=O)c(=O)oc2c1. The molecule has 15 heteroatoms. The molecule has 7 N–H and O–H groups in total. The first-order valence-electron chi connectivity index (χ1n) is 19.0. The molecule has 0 radical (unpaired) electrons. The second-order valence-corrected chi connectivity index (χ2v) is 13.2. The van der Waals surface area contributed by atoms with Crippen LogP contribution in [0.3, 0.4) is 0 Å². The van der Waals surface area contributed by atoms with Gasteiger partial charge in [0.2, 0.25) is 11.8 Å². The Kier molecular flexibility index (Phi) is 15.4. The lowest BCUT2D eigenvalue weighted by molar-refractivity contribution is -0.128. The number of carbonyl (C=O) groups is 4. The van der Waals surface area contributed by atoms with Gasteiger partial charge in [0.25, 0.3) is 11.8 Å². The molecule has 15 nitrogen and oxygen atoms in total. The van der Waals surface area contributed by atoms with Gasteiger partial charge in [-0.2, -0.15) is 0 Å². The van der Waals surface area contributed by atoms with Crippen LogP contribution >= 0.6 is 0 Å². The summed E-state index contributed by atoms with van der Waals surface area (Å²) in [6.07, 6.45) is 2.20. The molecule has 4 amide bonds. The number of primary amides is 1. The van der Waals surface area contributed by atoms with E-state index in [1.54, 1.807) is 24.3 Å². The molecule has 4 aromatic rings. The number of carbonyl (C=O) groups excluding carboxylic acids is 4. The van der Waals surface area contributed by atoms with E-state index >= 15 is 0 Å². The van der Waals surface area contributed by atoms with Crippen LogP contribution in [0.1, 0.15) is 86.9 Å². The maximum Gasteiger partial charge on any atom is 0.349 e. The zero-order valence-corrected chi connectivity index (χ0v) is 32.1. The summed E-state index contributed by atoms with van der Waals surface area (Å²) in [5.74, 6) is -2.82. The molecule has 0 fully saturated rings. The van der Waals surface area contributed by atoms with E-state index in [-0.39, 0.29) is 30.5 Å². The summed E-state index contributed by atoms with van der Waals surface area (Å²) < 4.78 is 11.0. The van der Waals surface area contributed by atoms with Gasteiger partial charge in [-0.15, -0.1) is 0 Å². The lowest BCUT2D eigenvalue weighted by Gasteiger charge is -2.22. The minimum absolute atomic E-state index is 0.126. The summed E-state index contributed by atoms with van der Waals surface area (Å²) in [6, 6.07) is 11.6. The fourth-order valence-corrected chi connectivity index (χ4v) is 6.41. The van der Waals surface area contributed by atoms with Crippen LogP contribution in [0.5, 0.6) is 0 Å². The zero-order valence-electron chi connectivity index (χ0n) is 32.1. The Hall–Kier alpha value is -5.70. The number of nitrogens with zero attached hydrogens (tertiary/aromatic N) is 2. The summed E-state index contributed by atoms with van der Waals surface area (Å²) >= 11 is 0. The Labute approximate surface area is 319 Å². The van der Waals surface area contributed by atoms with Crippen molar-refractivity contribution in [1.82, 2.24) is 16.0 Å². The molecule has 0 spiro atoms. The average Bonchev–Trinajstić information content (AvgIpc) is 3.16. The maximum absolute atomic E-state index is 13.4. The molecule has 0 bridgehead atoms. The Morgan fingerprint density at radius 2 is 1.15 bits per heavy atom. The molecule has 4 rings (SSSR count). The van der Waals surface area contributed by atoms with Crippen LogP contribution in [-0.4, -0.2) is 75.0 Å². The van der Waals surface area contributed by atoms with Gasteiger partial charge in [-0.3, -0.25) is 19.2 Å². The van der Waals surface area contributed by atoms with E-state index in [1.807, 2.05) is 39.8 Å². The van der Waals surface area contributed by atoms with Gasteiger partial charge in [0.15, 0.2) is 0 Å². The molecule has 55 heavy (non-hydrogen) atoms. The Morgan fingerprint density at radius 3 is 1.64 bits per heavy atom.